The fraction of sp³-hybridized carbons (Fsp3) is 0.471. The average Bonchev–Trinajstić information content (AvgIpc) is 3.05. The highest BCUT2D eigenvalue weighted by molar-refractivity contribution is 6.30. The fourth-order valence-electron chi connectivity index (χ4n) is 2.81. The summed E-state index contributed by atoms with van der Waals surface area (Å²) in [5, 5.41) is 11.1. The van der Waals surface area contributed by atoms with E-state index in [0.717, 1.165) is 24.9 Å². The lowest BCUT2D eigenvalue weighted by molar-refractivity contribution is -0.122. The van der Waals surface area contributed by atoms with Gasteiger partial charge in [0.05, 0.1) is 0 Å². The Morgan fingerprint density at radius 1 is 1.40 bits per heavy atom. The Kier molecular flexibility index (Phi) is 7.23. The van der Waals surface area contributed by atoms with Crippen molar-refractivity contribution < 1.29 is 9.32 Å². The van der Waals surface area contributed by atoms with E-state index >= 15 is 0 Å². The van der Waals surface area contributed by atoms with Gasteiger partial charge in [0.2, 0.25) is 17.6 Å². The molecule has 0 bridgehead atoms. The summed E-state index contributed by atoms with van der Waals surface area (Å²) in [4.78, 5) is 16.4. The van der Waals surface area contributed by atoms with Gasteiger partial charge < -0.3 is 15.2 Å². The first-order chi connectivity index (χ1) is 11.6. The van der Waals surface area contributed by atoms with Crippen LogP contribution in [0.15, 0.2) is 28.8 Å². The Balaban J connectivity index is 0.00000225. The number of nitrogens with zero attached hydrogens (tertiary/aromatic N) is 2. The van der Waals surface area contributed by atoms with E-state index in [-0.39, 0.29) is 24.4 Å². The molecule has 3 rings (SSSR count). The lowest BCUT2D eigenvalue weighted by atomic mass is 10.00. The molecule has 1 amide bonds. The van der Waals surface area contributed by atoms with Crippen LogP contribution in [0.4, 0.5) is 0 Å². The molecule has 25 heavy (non-hydrogen) atoms. The second kappa shape index (κ2) is 9.17. The number of piperidine rings is 1. The molecule has 1 aliphatic heterocycles. The molecule has 1 saturated heterocycles. The van der Waals surface area contributed by atoms with Crippen molar-refractivity contribution in [3.63, 3.8) is 0 Å². The number of amides is 1. The van der Waals surface area contributed by atoms with Crippen LogP contribution in [-0.2, 0) is 11.2 Å². The number of hydrogen-bond acceptors (Lipinski definition) is 5. The molecule has 2 heterocycles. The summed E-state index contributed by atoms with van der Waals surface area (Å²) in [7, 11) is 0. The van der Waals surface area contributed by atoms with Crippen molar-refractivity contribution in [2.75, 3.05) is 6.54 Å². The first-order valence-corrected chi connectivity index (χ1v) is 8.61. The smallest absolute Gasteiger partial charge is 0.227 e. The van der Waals surface area contributed by atoms with Gasteiger partial charge in [0, 0.05) is 35.5 Å². The first-order valence-electron chi connectivity index (χ1n) is 8.23. The van der Waals surface area contributed by atoms with E-state index in [9.17, 15) is 4.79 Å². The SMILES string of the molecule is CC1NCCCC1NC(=O)CCc1nc(-c2ccc(Cl)cc2)no1.Cl. The third kappa shape index (κ3) is 5.42. The summed E-state index contributed by atoms with van der Waals surface area (Å²) in [6.45, 7) is 3.11. The zero-order chi connectivity index (χ0) is 16.9. The van der Waals surface area contributed by atoms with Crippen molar-refractivity contribution in [3.05, 3.63) is 35.2 Å². The van der Waals surface area contributed by atoms with E-state index in [2.05, 4.69) is 27.7 Å². The number of benzene rings is 1. The van der Waals surface area contributed by atoms with E-state index in [1.165, 1.54) is 0 Å². The van der Waals surface area contributed by atoms with Crippen LogP contribution in [0.5, 0.6) is 0 Å². The van der Waals surface area contributed by atoms with Gasteiger partial charge in [-0.1, -0.05) is 16.8 Å². The maximum atomic E-state index is 12.1. The molecule has 2 unspecified atom stereocenters. The van der Waals surface area contributed by atoms with Gasteiger partial charge in [-0.15, -0.1) is 12.4 Å². The molecular weight excluding hydrogens is 363 g/mol. The number of carbonyl (C=O) groups is 1. The van der Waals surface area contributed by atoms with Gasteiger partial charge in [-0.3, -0.25) is 4.79 Å². The number of aromatic nitrogens is 2. The second-order valence-corrected chi connectivity index (χ2v) is 6.51. The Morgan fingerprint density at radius 2 is 2.16 bits per heavy atom. The van der Waals surface area contributed by atoms with Gasteiger partial charge in [-0.05, 0) is 50.6 Å². The number of halogens is 2. The van der Waals surface area contributed by atoms with Gasteiger partial charge in [0.1, 0.15) is 0 Å². The van der Waals surface area contributed by atoms with Crippen molar-refractivity contribution in [2.24, 2.45) is 0 Å². The molecule has 2 aromatic rings. The minimum absolute atomic E-state index is 0. The minimum atomic E-state index is 0. The molecule has 1 aliphatic rings. The summed E-state index contributed by atoms with van der Waals surface area (Å²) in [5.74, 6) is 0.985. The molecule has 1 fully saturated rings. The van der Waals surface area contributed by atoms with Crippen LogP contribution in [0.3, 0.4) is 0 Å². The van der Waals surface area contributed by atoms with E-state index < -0.39 is 0 Å². The molecular formula is C17H22Cl2N4O2. The molecule has 0 spiro atoms. The largest absolute Gasteiger partial charge is 0.352 e. The van der Waals surface area contributed by atoms with Crippen LogP contribution in [0.2, 0.25) is 5.02 Å². The summed E-state index contributed by atoms with van der Waals surface area (Å²) in [5.41, 5.74) is 0.834. The Bertz CT molecular complexity index is 690. The average molecular weight is 385 g/mol. The van der Waals surface area contributed by atoms with Crippen LogP contribution < -0.4 is 10.6 Å². The van der Waals surface area contributed by atoms with Crippen LogP contribution >= 0.6 is 24.0 Å². The number of rotatable bonds is 5. The first kappa shape index (κ1) is 19.7. The fourth-order valence-corrected chi connectivity index (χ4v) is 2.94. The Morgan fingerprint density at radius 3 is 2.88 bits per heavy atom. The van der Waals surface area contributed by atoms with Crippen molar-refractivity contribution in [1.82, 2.24) is 20.8 Å². The van der Waals surface area contributed by atoms with E-state index in [1.54, 1.807) is 12.1 Å². The van der Waals surface area contributed by atoms with E-state index in [0.29, 0.717) is 35.6 Å². The van der Waals surface area contributed by atoms with Gasteiger partial charge in [0.15, 0.2) is 0 Å². The third-order valence-electron chi connectivity index (χ3n) is 4.24. The zero-order valence-electron chi connectivity index (χ0n) is 14.0. The maximum absolute atomic E-state index is 12.1. The van der Waals surface area contributed by atoms with Crippen molar-refractivity contribution in [3.8, 4) is 11.4 Å². The van der Waals surface area contributed by atoms with Crippen LogP contribution in [0.1, 0.15) is 32.1 Å². The summed E-state index contributed by atoms with van der Waals surface area (Å²) in [6, 6.07) is 7.73. The third-order valence-corrected chi connectivity index (χ3v) is 4.50. The van der Waals surface area contributed by atoms with Crippen molar-refractivity contribution in [2.45, 2.75) is 44.7 Å². The van der Waals surface area contributed by atoms with Crippen LogP contribution in [-0.4, -0.2) is 34.7 Å². The molecule has 0 saturated carbocycles. The molecule has 136 valence electrons. The predicted molar refractivity (Wildman–Crippen MR) is 98.9 cm³/mol. The Labute approximate surface area is 158 Å². The molecule has 6 nitrogen and oxygen atoms in total. The molecule has 1 aromatic heterocycles. The van der Waals surface area contributed by atoms with Crippen molar-refractivity contribution in [1.29, 1.82) is 0 Å². The monoisotopic (exact) mass is 384 g/mol. The normalized spacial score (nSPS) is 19.9. The van der Waals surface area contributed by atoms with Gasteiger partial charge in [-0.2, -0.15) is 4.98 Å². The lowest BCUT2D eigenvalue weighted by Crippen LogP contribution is -2.51. The van der Waals surface area contributed by atoms with Gasteiger partial charge >= 0.3 is 0 Å². The standard InChI is InChI=1S/C17H21ClN4O2.ClH/c1-11-14(3-2-10-19-11)20-15(23)8-9-16-21-17(22-24-16)12-4-6-13(18)7-5-12;/h4-7,11,14,19H,2-3,8-10H2,1H3,(H,20,23);1H. The molecule has 8 heteroatoms. The van der Waals surface area contributed by atoms with E-state index in [1.807, 2.05) is 12.1 Å². The highest BCUT2D eigenvalue weighted by Crippen LogP contribution is 2.19. The molecule has 0 aliphatic carbocycles. The highest BCUT2D eigenvalue weighted by atomic mass is 35.5. The van der Waals surface area contributed by atoms with Gasteiger partial charge in [-0.25, -0.2) is 0 Å². The quantitative estimate of drug-likeness (QED) is 0.827. The molecule has 0 radical (unpaired) electrons. The lowest BCUT2D eigenvalue weighted by Gasteiger charge is -2.30. The van der Waals surface area contributed by atoms with Crippen molar-refractivity contribution >= 4 is 29.9 Å². The number of hydrogen-bond donors (Lipinski definition) is 2. The second-order valence-electron chi connectivity index (χ2n) is 6.08. The highest BCUT2D eigenvalue weighted by Gasteiger charge is 2.22. The van der Waals surface area contributed by atoms with Gasteiger partial charge in [0.25, 0.3) is 0 Å². The number of nitrogens with one attached hydrogen (secondary N) is 2. The molecule has 1 aromatic carbocycles. The number of carbonyl (C=O) groups excluding carboxylic acids is 1. The predicted octanol–water partition coefficient (Wildman–Crippen LogP) is 3.00. The summed E-state index contributed by atoms with van der Waals surface area (Å²) < 4.78 is 5.22. The van der Waals surface area contributed by atoms with Crippen LogP contribution in [0, 0.1) is 0 Å². The molecule has 2 N–H and O–H groups in total. The topological polar surface area (TPSA) is 80.0 Å². The van der Waals surface area contributed by atoms with Crippen LogP contribution in [0.25, 0.3) is 11.4 Å². The Hall–Kier alpha value is -1.63. The summed E-state index contributed by atoms with van der Waals surface area (Å²) >= 11 is 5.87. The minimum Gasteiger partial charge on any atom is -0.352 e. The van der Waals surface area contributed by atoms with E-state index in [4.69, 9.17) is 16.1 Å². The number of aryl methyl sites for hydroxylation is 1. The zero-order valence-corrected chi connectivity index (χ0v) is 15.6. The maximum Gasteiger partial charge on any atom is 0.227 e. The molecule has 2 atom stereocenters. The summed E-state index contributed by atoms with van der Waals surface area (Å²) in [6.07, 6.45) is 2.87.